The molecule has 1 N–H and O–H groups in total. The minimum Gasteiger partial charge on any atom is -0.444 e. The average molecular weight is 366 g/mol. The van der Waals surface area contributed by atoms with Crippen LogP contribution in [0, 0.1) is 0 Å². The Kier molecular flexibility index (Phi) is 4.35. The molecule has 0 radical (unpaired) electrons. The highest BCUT2D eigenvalue weighted by atomic mass is 16.6. The number of benzene rings is 2. The van der Waals surface area contributed by atoms with Gasteiger partial charge in [-0.25, -0.2) is 4.79 Å². The summed E-state index contributed by atoms with van der Waals surface area (Å²) in [5.74, 6) is 0. The molecule has 2 atom stereocenters. The van der Waals surface area contributed by atoms with Crippen molar-refractivity contribution in [1.82, 2.24) is 9.47 Å². The third kappa shape index (κ3) is 3.28. The van der Waals surface area contributed by atoms with Gasteiger partial charge in [0, 0.05) is 28.4 Å². The zero-order chi connectivity index (χ0) is 19.2. The fourth-order valence-electron chi connectivity index (χ4n) is 4.02. The monoisotopic (exact) mass is 366 g/mol. The van der Waals surface area contributed by atoms with Gasteiger partial charge in [-0.1, -0.05) is 36.4 Å². The Morgan fingerprint density at radius 2 is 1.59 bits per heavy atom. The number of carbonyl (C=O) groups is 1. The summed E-state index contributed by atoms with van der Waals surface area (Å²) in [6, 6.07) is 16.5. The van der Waals surface area contributed by atoms with Crippen molar-refractivity contribution in [2.24, 2.45) is 0 Å². The van der Waals surface area contributed by atoms with Gasteiger partial charge in [0.2, 0.25) is 0 Å². The van der Waals surface area contributed by atoms with Crippen molar-refractivity contribution in [3.63, 3.8) is 0 Å². The van der Waals surface area contributed by atoms with E-state index in [1.165, 1.54) is 10.8 Å². The van der Waals surface area contributed by atoms with Gasteiger partial charge in [0.25, 0.3) is 0 Å². The molecule has 5 nitrogen and oxygen atoms in total. The summed E-state index contributed by atoms with van der Waals surface area (Å²) in [4.78, 5) is 14.0. The van der Waals surface area contributed by atoms with Gasteiger partial charge in [-0.3, -0.25) is 0 Å². The van der Waals surface area contributed by atoms with E-state index in [2.05, 4.69) is 28.8 Å². The topological polar surface area (TPSA) is 54.7 Å². The number of hydrogen-bond donors (Lipinski definition) is 1. The number of carbonyl (C=O) groups excluding carboxylic acids is 1. The van der Waals surface area contributed by atoms with Gasteiger partial charge < -0.3 is 19.3 Å². The largest absolute Gasteiger partial charge is 0.444 e. The van der Waals surface area contributed by atoms with Gasteiger partial charge >= 0.3 is 6.09 Å². The van der Waals surface area contributed by atoms with E-state index >= 15 is 0 Å². The van der Waals surface area contributed by atoms with E-state index in [0.717, 1.165) is 11.0 Å². The van der Waals surface area contributed by atoms with Crippen LogP contribution in [0.5, 0.6) is 0 Å². The van der Waals surface area contributed by atoms with Gasteiger partial charge in [0.1, 0.15) is 5.60 Å². The number of β-amino-alcohol motifs (C(OH)–C–C–N with tert-alkyl or cyclic N) is 1. The number of amides is 1. The lowest BCUT2D eigenvalue weighted by Gasteiger charge is -2.37. The predicted molar refractivity (Wildman–Crippen MR) is 107 cm³/mol. The molecule has 27 heavy (non-hydrogen) atoms. The van der Waals surface area contributed by atoms with Gasteiger partial charge in [-0.2, -0.15) is 0 Å². The lowest BCUT2D eigenvalue weighted by Crippen LogP contribution is -2.48. The highest BCUT2D eigenvalue weighted by molar-refractivity contribution is 6.08. The number of aromatic nitrogens is 1. The fraction of sp³-hybridized carbons (Fsp3) is 0.409. The average Bonchev–Trinajstić information content (AvgIpc) is 2.95. The summed E-state index contributed by atoms with van der Waals surface area (Å²) in [5.41, 5.74) is 1.70. The van der Waals surface area contributed by atoms with Crippen molar-refractivity contribution in [2.75, 3.05) is 13.1 Å². The van der Waals surface area contributed by atoms with E-state index in [4.69, 9.17) is 4.74 Å². The van der Waals surface area contributed by atoms with Crippen LogP contribution in [0.2, 0.25) is 0 Å². The Morgan fingerprint density at radius 3 is 2.11 bits per heavy atom. The summed E-state index contributed by atoms with van der Waals surface area (Å²) in [5, 5.41) is 13.3. The molecule has 4 rings (SSSR count). The van der Waals surface area contributed by atoms with Crippen LogP contribution in [0.25, 0.3) is 21.8 Å². The Hall–Kier alpha value is -2.53. The first-order valence-electron chi connectivity index (χ1n) is 9.49. The number of hydrogen-bond acceptors (Lipinski definition) is 3. The fourth-order valence-corrected chi connectivity index (χ4v) is 4.02. The van der Waals surface area contributed by atoms with Crippen LogP contribution in [0.4, 0.5) is 4.79 Å². The minimum absolute atomic E-state index is 0.0755. The Morgan fingerprint density at radius 1 is 1.04 bits per heavy atom. The number of fused-ring (bicyclic) bond motifs is 3. The lowest BCUT2D eigenvalue weighted by molar-refractivity contribution is -0.00880. The number of aliphatic hydroxyl groups is 1. The minimum atomic E-state index is -0.648. The third-order valence-corrected chi connectivity index (χ3v) is 5.15. The molecule has 2 heterocycles. The summed E-state index contributed by atoms with van der Waals surface area (Å²) in [6.07, 6.45) is -0.323. The molecule has 2 aromatic carbocycles. The molecule has 1 saturated heterocycles. The molecule has 1 aromatic heterocycles. The number of likely N-dealkylation sites (tertiary alicyclic amines) is 1. The summed E-state index contributed by atoms with van der Waals surface area (Å²) >= 11 is 0. The summed E-state index contributed by atoms with van der Waals surface area (Å²) in [7, 11) is 0. The van der Waals surface area contributed by atoms with Crippen LogP contribution >= 0.6 is 0 Å². The Balaban J connectivity index is 1.66. The molecule has 1 aliphatic rings. The Labute approximate surface area is 159 Å². The third-order valence-electron chi connectivity index (χ3n) is 5.15. The molecule has 1 fully saturated rings. The Bertz CT molecular complexity index is 933. The molecule has 3 aromatic rings. The van der Waals surface area contributed by atoms with E-state index in [9.17, 15) is 9.90 Å². The van der Waals surface area contributed by atoms with E-state index in [1.807, 2.05) is 45.0 Å². The lowest BCUT2D eigenvalue weighted by atomic mass is 10.0. The molecule has 0 bridgehead atoms. The van der Waals surface area contributed by atoms with Crippen molar-refractivity contribution < 1.29 is 14.6 Å². The maximum atomic E-state index is 12.4. The highest BCUT2D eigenvalue weighted by Crippen LogP contribution is 2.35. The molecule has 5 heteroatoms. The molecule has 0 saturated carbocycles. The van der Waals surface area contributed by atoms with Crippen LogP contribution in [0.3, 0.4) is 0 Å². The van der Waals surface area contributed by atoms with Crippen LogP contribution in [-0.4, -0.2) is 45.5 Å². The number of nitrogens with zero attached hydrogens (tertiary/aromatic N) is 2. The molecular formula is C22H26N2O3. The SMILES string of the molecule is CC(C)(C)OC(=O)N1CCC(n2c3ccccc3c3ccccc32)C(O)C1. The highest BCUT2D eigenvalue weighted by Gasteiger charge is 2.34. The molecule has 0 aliphatic carbocycles. The standard InChI is InChI=1S/C22H26N2O3/c1-22(2,3)27-21(26)23-13-12-19(20(25)14-23)24-17-10-6-4-8-15(17)16-9-5-7-11-18(16)24/h4-11,19-20,25H,12-14H2,1-3H3. The van der Waals surface area contributed by atoms with Gasteiger partial charge in [-0.15, -0.1) is 0 Å². The summed E-state index contributed by atoms with van der Waals surface area (Å²) < 4.78 is 7.70. The molecular weight excluding hydrogens is 340 g/mol. The number of piperidine rings is 1. The van der Waals surface area contributed by atoms with Crippen molar-refractivity contribution in [3.05, 3.63) is 48.5 Å². The number of ether oxygens (including phenoxy) is 1. The number of aliphatic hydroxyl groups excluding tert-OH is 1. The van der Waals surface area contributed by atoms with Crippen molar-refractivity contribution >= 4 is 27.9 Å². The number of rotatable bonds is 1. The van der Waals surface area contributed by atoms with Crippen molar-refractivity contribution in [3.8, 4) is 0 Å². The molecule has 142 valence electrons. The molecule has 0 spiro atoms. The van der Waals surface area contributed by atoms with E-state index in [-0.39, 0.29) is 18.7 Å². The second-order valence-electron chi connectivity index (χ2n) is 8.25. The smallest absolute Gasteiger partial charge is 0.410 e. The summed E-state index contributed by atoms with van der Waals surface area (Å²) in [6.45, 7) is 6.41. The number of para-hydroxylation sites is 2. The van der Waals surface area contributed by atoms with Gasteiger partial charge in [0.15, 0.2) is 0 Å². The van der Waals surface area contributed by atoms with Gasteiger partial charge in [-0.05, 0) is 39.3 Å². The van der Waals surface area contributed by atoms with Crippen LogP contribution < -0.4 is 0 Å². The predicted octanol–water partition coefficient (Wildman–Crippen LogP) is 4.34. The zero-order valence-corrected chi connectivity index (χ0v) is 16.1. The first-order chi connectivity index (χ1) is 12.8. The second-order valence-corrected chi connectivity index (χ2v) is 8.25. The van der Waals surface area contributed by atoms with E-state index in [0.29, 0.717) is 13.0 Å². The first-order valence-corrected chi connectivity index (χ1v) is 9.49. The van der Waals surface area contributed by atoms with Crippen molar-refractivity contribution in [1.29, 1.82) is 0 Å². The van der Waals surface area contributed by atoms with E-state index < -0.39 is 11.7 Å². The first kappa shape index (κ1) is 17.9. The molecule has 1 amide bonds. The maximum absolute atomic E-state index is 12.4. The second kappa shape index (κ2) is 6.57. The van der Waals surface area contributed by atoms with Crippen molar-refractivity contribution in [2.45, 2.75) is 44.9 Å². The molecule has 1 aliphatic heterocycles. The molecule has 2 unspecified atom stereocenters. The van der Waals surface area contributed by atoms with E-state index in [1.54, 1.807) is 4.90 Å². The van der Waals surface area contributed by atoms with Crippen LogP contribution in [-0.2, 0) is 4.74 Å². The van der Waals surface area contributed by atoms with Crippen LogP contribution in [0.15, 0.2) is 48.5 Å². The maximum Gasteiger partial charge on any atom is 0.410 e. The van der Waals surface area contributed by atoms with Gasteiger partial charge in [0.05, 0.1) is 18.7 Å². The zero-order valence-electron chi connectivity index (χ0n) is 16.1. The van der Waals surface area contributed by atoms with Crippen LogP contribution in [0.1, 0.15) is 33.2 Å². The quantitative estimate of drug-likeness (QED) is 0.697. The normalized spacial score (nSPS) is 21.0.